The van der Waals surface area contributed by atoms with Crippen molar-refractivity contribution in [2.24, 2.45) is 0 Å². The first-order chi connectivity index (χ1) is 18.6. The highest BCUT2D eigenvalue weighted by atomic mass is 35.5. The van der Waals surface area contributed by atoms with Crippen molar-refractivity contribution in [3.05, 3.63) is 100 Å². The fourth-order valence-electron chi connectivity index (χ4n) is 4.56. The third kappa shape index (κ3) is 5.74. The zero-order valence-corrected chi connectivity index (χ0v) is 23.4. The van der Waals surface area contributed by atoms with Gasteiger partial charge in [-0.05, 0) is 48.0 Å². The predicted molar refractivity (Wildman–Crippen MR) is 151 cm³/mol. The fraction of sp³-hybridized carbons (Fsp3) is 0.276. The van der Waals surface area contributed by atoms with Crippen molar-refractivity contribution in [3.63, 3.8) is 0 Å². The van der Waals surface area contributed by atoms with E-state index in [1.807, 2.05) is 12.1 Å². The number of carbonyl (C=O) groups is 2. The zero-order chi connectivity index (χ0) is 27.7. The summed E-state index contributed by atoms with van der Waals surface area (Å²) in [5, 5.41) is 8.05. The van der Waals surface area contributed by atoms with E-state index in [0.717, 1.165) is 16.8 Å². The lowest BCUT2D eigenvalue weighted by Crippen LogP contribution is -2.42. The van der Waals surface area contributed by atoms with E-state index in [1.54, 1.807) is 41.1 Å². The van der Waals surface area contributed by atoms with Crippen molar-refractivity contribution >= 4 is 41.0 Å². The van der Waals surface area contributed by atoms with Crippen LogP contribution in [0.15, 0.2) is 71.3 Å². The molecule has 1 aliphatic rings. The Morgan fingerprint density at radius 1 is 1.18 bits per heavy atom. The van der Waals surface area contributed by atoms with Crippen molar-refractivity contribution < 1.29 is 18.4 Å². The number of hydrogen-bond donors (Lipinski definition) is 1. The Balaban J connectivity index is 1.67. The lowest BCUT2D eigenvalue weighted by molar-refractivity contribution is -0.123. The molecular formula is C29H28ClFN4O3S. The predicted octanol–water partition coefficient (Wildman–Crippen LogP) is 6.04. The highest BCUT2D eigenvalue weighted by Gasteiger charge is 2.40. The van der Waals surface area contributed by atoms with E-state index in [0.29, 0.717) is 22.3 Å². The van der Waals surface area contributed by atoms with Crippen LogP contribution in [0.25, 0.3) is 5.69 Å². The van der Waals surface area contributed by atoms with Gasteiger partial charge in [0.15, 0.2) is 0 Å². The number of rotatable bonds is 6. The Morgan fingerprint density at radius 2 is 1.95 bits per heavy atom. The molecule has 202 valence electrons. The Hall–Kier alpha value is -3.56. The third-order valence-electron chi connectivity index (χ3n) is 6.37. The maximum absolute atomic E-state index is 13.9. The van der Waals surface area contributed by atoms with Crippen LogP contribution in [-0.4, -0.2) is 33.9 Å². The number of nitrogens with one attached hydrogen (secondary N) is 1. The SMILES string of the molecule is CC(C)(C)c1nn(-c2cccc(Cl)c2)c2c1C(c1ccc(F)cc1)SCC(=O)N2CC(=O)NCc1ccco1. The summed E-state index contributed by atoms with van der Waals surface area (Å²) in [6.45, 7) is 6.15. The molecule has 39 heavy (non-hydrogen) atoms. The first kappa shape index (κ1) is 27.0. The summed E-state index contributed by atoms with van der Waals surface area (Å²) in [6.07, 6.45) is 1.54. The molecule has 7 nitrogen and oxygen atoms in total. The molecule has 0 bridgehead atoms. The number of hydrogen-bond acceptors (Lipinski definition) is 5. The highest BCUT2D eigenvalue weighted by Crippen LogP contribution is 2.48. The summed E-state index contributed by atoms with van der Waals surface area (Å²) in [6, 6.07) is 17.0. The summed E-state index contributed by atoms with van der Waals surface area (Å²) in [7, 11) is 0. The van der Waals surface area contributed by atoms with Crippen LogP contribution < -0.4 is 10.2 Å². The molecule has 0 radical (unpaired) electrons. The van der Waals surface area contributed by atoms with Crippen LogP contribution in [-0.2, 0) is 21.5 Å². The Kier molecular flexibility index (Phi) is 7.55. The highest BCUT2D eigenvalue weighted by molar-refractivity contribution is 8.00. The molecule has 2 aromatic carbocycles. The Morgan fingerprint density at radius 3 is 2.62 bits per heavy atom. The molecule has 0 saturated heterocycles. The average molecular weight is 567 g/mol. The van der Waals surface area contributed by atoms with Gasteiger partial charge in [0.2, 0.25) is 11.8 Å². The second-order valence-electron chi connectivity index (χ2n) is 10.3. The number of amides is 2. The number of nitrogens with zero attached hydrogens (tertiary/aromatic N) is 3. The van der Waals surface area contributed by atoms with Crippen molar-refractivity contribution in [2.75, 3.05) is 17.2 Å². The molecular weight excluding hydrogens is 539 g/mol. The number of fused-ring (bicyclic) bond motifs is 1. The average Bonchev–Trinajstić information content (AvgIpc) is 3.53. The van der Waals surface area contributed by atoms with Crippen molar-refractivity contribution in [1.82, 2.24) is 15.1 Å². The van der Waals surface area contributed by atoms with Crippen LogP contribution in [0.3, 0.4) is 0 Å². The van der Waals surface area contributed by atoms with Gasteiger partial charge in [-0.3, -0.25) is 14.5 Å². The summed E-state index contributed by atoms with van der Waals surface area (Å²) in [5.74, 6) is 0.321. The standard InChI is InChI=1S/C29H28ClFN4O3S/c1-29(2,3)27-25-26(18-9-11-20(31)12-10-18)39-17-24(37)34(16-23(36)32-15-22-8-5-13-38-22)28(25)35(33-27)21-7-4-6-19(30)14-21/h4-14,26H,15-17H2,1-3H3,(H,32,36). The molecule has 5 rings (SSSR count). The molecule has 1 aliphatic heterocycles. The maximum atomic E-state index is 13.9. The molecule has 1 unspecified atom stereocenters. The van der Waals surface area contributed by atoms with Crippen LogP contribution >= 0.6 is 23.4 Å². The van der Waals surface area contributed by atoms with Crippen LogP contribution in [0.1, 0.15) is 48.6 Å². The molecule has 0 aliphatic carbocycles. The Bertz CT molecular complexity index is 1500. The quantitative estimate of drug-likeness (QED) is 0.308. The lowest BCUT2D eigenvalue weighted by Gasteiger charge is -2.24. The van der Waals surface area contributed by atoms with E-state index in [9.17, 15) is 14.0 Å². The molecule has 3 heterocycles. The number of anilines is 1. The normalized spacial score (nSPS) is 15.7. The van der Waals surface area contributed by atoms with Gasteiger partial charge >= 0.3 is 0 Å². The molecule has 0 saturated carbocycles. The van der Waals surface area contributed by atoms with Crippen molar-refractivity contribution in [2.45, 2.75) is 38.0 Å². The summed E-state index contributed by atoms with van der Waals surface area (Å²) < 4.78 is 20.9. The van der Waals surface area contributed by atoms with Crippen LogP contribution in [0.4, 0.5) is 10.2 Å². The van der Waals surface area contributed by atoms with Crippen molar-refractivity contribution in [3.8, 4) is 5.69 Å². The molecule has 0 spiro atoms. The molecule has 2 aromatic heterocycles. The third-order valence-corrected chi connectivity index (χ3v) is 7.86. The largest absolute Gasteiger partial charge is 0.467 e. The van der Waals surface area contributed by atoms with E-state index in [-0.39, 0.29) is 41.7 Å². The zero-order valence-electron chi connectivity index (χ0n) is 21.8. The fourth-order valence-corrected chi connectivity index (χ4v) is 5.94. The molecule has 4 aromatic rings. The maximum Gasteiger partial charge on any atom is 0.240 e. The Labute approximate surface area is 235 Å². The summed E-state index contributed by atoms with van der Waals surface area (Å²) in [4.78, 5) is 28.3. The van der Waals surface area contributed by atoms with E-state index in [1.165, 1.54) is 35.1 Å². The smallest absolute Gasteiger partial charge is 0.240 e. The van der Waals surface area contributed by atoms with E-state index < -0.39 is 5.41 Å². The molecule has 2 amide bonds. The molecule has 1 N–H and O–H groups in total. The minimum absolute atomic E-state index is 0.126. The van der Waals surface area contributed by atoms with Gasteiger partial charge in [0.05, 0.1) is 35.2 Å². The minimum atomic E-state index is -0.409. The number of aromatic nitrogens is 2. The topological polar surface area (TPSA) is 80.4 Å². The number of carbonyl (C=O) groups excluding carboxylic acids is 2. The summed E-state index contributed by atoms with van der Waals surface area (Å²) in [5.41, 5.74) is 2.68. The number of benzene rings is 2. The van der Waals surface area contributed by atoms with Crippen LogP contribution in [0.5, 0.6) is 0 Å². The van der Waals surface area contributed by atoms with Gasteiger partial charge in [0, 0.05) is 16.0 Å². The van der Waals surface area contributed by atoms with Gasteiger partial charge < -0.3 is 9.73 Å². The number of furan rings is 1. The van der Waals surface area contributed by atoms with Crippen LogP contribution in [0.2, 0.25) is 5.02 Å². The van der Waals surface area contributed by atoms with E-state index >= 15 is 0 Å². The second-order valence-corrected chi connectivity index (χ2v) is 11.8. The summed E-state index contributed by atoms with van der Waals surface area (Å²) >= 11 is 7.79. The number of thioether (sulfide) groups is 1. The second kappa shape index (κ2) is 10.9. The van der Waals surface area contributed by atoms with Gasteiger partial charge in [-0.25, -0.2) is 9.07 Å². The van der Waals surface area contributed by atoms with E-state index in [2.05, 4.69) is 26.1 Å². The van der Waals surface area contributed by atoms with Crippen LogP contribution in [0, 0.1) is 5.82 Å². The van der Waals surface area contributed by atoms with Crippen molar-refractivity contribution in [1.29, 1.82) is 0 Å². The molecule has 1 atom stereocenters. The minimum Gasteiger partial charge on any atom is -0.467 e. The molecule has 0 fully saturated rings. The van der Waals surface area contributed by atoms with Gasteiger partial charge in [-0.2, -0.15) is 5.10 Å². The van der Waals surface area contributed by atoms with Gasteiger partial charge in [0.25, 0.3) is 0 Å². The van der Waals surface area contributed by atoms with Gasteiger partial charge in [-0.1, -0.05) is 50.6 Å². The monoisotopic (exact) mass is 566 g/mol. The lowest BCUT2D eigenvalue weighted by atomic mass is 9.87. The molecule has 10 heteroatoms. The first-order valence-electron chi connectivity index (χ1n) is 12.5. The van der Waals surface area contributed by atoms with Gasteiger partial charge in [-0.15, -0.1) is 11.8 Å². The van der Waals surface area contributed by atoms with E-state index in [4.69, 9.17) is 21.1 Å². The number of halogens is 2. The first-order valence-corrected chi connectivity index (χ1v) is 13.9. The van der Waals surface area contributed by atoms with Gasteiger partial charge in [0.1, 0.15) is 23.9 Å².